The van der Waals surface area contributed by atoms with E-state index in [0.717, 1.165) is 5.69 Å². The molecule has 0 heterocycles. The number of benzene rings is 1. The molecule has 0 spiro atoms. The summed E-state index contributed by atoms with van der Waals surface area (Å²) in [6.07, 6.45) is 0. The summed E-state index contributed by atoms with van der Waals surface area (Å²) in [4.78, 5) is 14.8. The summed E-state index contributed by atoms with van der Waals surface area (Å²) >= 11 is 6.05. The van der Waals surface area contributed by atoms with E-state index < -0.39 is 0 Å². The van der Waals surface area contributed by atoms with Gasteiger partial charge in [0.05, 0.1) is 28.9 Å². The van der Waals surface area contributed by atoms with Crippen molar-refractivity contribution in [2.24, 2.45) is 0 Å². The minimum absolute atomic E-state index is 0.00655. The Balaban J connectivity index is 2.87. The van der Waals surface area contributed by atoms with Gasteiger partial charge in [-0.25, -0.2) is 0 Å². The van der Waals surface area contributed by atoms with Gasteiger partial charge in [-0.15, -0.1) is 0 Å². The van der Waals surface area contributed by atoms with Gasteiger partial charge in [-0.2, -0.15) is 5.26 Å². The van der Waals surface area contributed by atoms with Crippen LogP contribution in [0, 0.1) is 11.3 Å². The van der Waals surface area contributed by atoms with Gasteiger partial charge in [0.15, 0.2) is 0 Å². The molecular formula is C12H14ClN3O. The van der Waals surface area contributed by atoms with Crippen LogP contribution >= 0.6 is 11.6 Å². The molecule has 1 rings (SSSR count). The van der Waals surface area contributed by atoms with E-state index in [4.69, 9.17) is 16.9 Å². The summed E-state index contributed by atoms with van der Waals surface area (Å²) in [5, 5.41) is 9.20. The van der Waals surface area contributed by atoms with Gasteiger partial charge in [0.2, 0.25) is 5.91 Å². The fourth-order valence-electron chi connectivity index (χ4n) is 1.32. The number of carbonyl (C=O) groups is 1. The van der Waals surface area contributed by atoms with Crippen LogP contribution in [-0.2, 0) is 4.79 Å². The van der Waals surface area contributed by atoms with E-state index in [1.165, 1.54) is 4.90 Å². The third-order valence-corrected chi connectivity index (χ3v) is 2.66. The first-order chi connectivity index (χ1) is 7.95. The third kappa shape index (κ3) is 3.36. The number of carbonyl (C=O) groups excluding carboxylic acids is 1. The quantitative estimate of drug-likeness (QED) is 0.822. The van der Waals surface area contributed by atoms with E-state index in [2.05, 4.69) is 0 Å². The number of anilines is 1. The third-order valence-electron chi connectivity index (χ3n) is 2.36. The zero-order valence-electron chi connectivity index (χ0n) is 10.1. The van der Waals surface area contributed by atoms with Gasteiger partial charge in [0, 0.05) is 21.1 Å². The molecule has 0 aliphatic rings. The lowest BCUT2D eigenvalue weighted by Gasteiger charge is -2.22. The summed E-state index contributed by atoms with van der Waals surface area (Å²) in [7, 11) is 5.20. The zero-order chi connectivity index (χ0) is 13.0. The second-order valence-electron chi connectivity index (χ2n) is 3.92. The smallest absolute Gasteiger partial charge is 0.241 e. The van der Waals surface area contributed by atoms with Crippen LogP contribution in [0.15, 0.2) is 18.2 Å². The van der Waals surface area contributed by atoms with E-state index >= 15 is 0 Å². The molecular weight excluding hydrogens is 238 g/mol. The average molecular weight is 252 g/mol. The predicted octanol–water partition coefficient (Wildman–Crippen LogP) is 1.74. The lowest BCUT2D eigenvalue weighted by atomic mass is 10.2. The van der Waals surface area contributed by atoms with Gasteiger partial charge in [-0.05, 0) is 18.2 Å². The zero-order valence-corrected chi connectivity index (χ0v) is 10.8. The molecule has 0 bridgehead atoms. The van der Waals surface area contributed by atoms with E-state index in [0.29, 0.717) is 10.6 Å². The maximum atomic E-state index is 11.5. The van der Waals surface area contributed by atoms with Crippen LogP contribution in [0.3, 0.4) is 0 Å². The predicted molar refractivity (Wildman–Crippen MR) is 68.1 cm³/mol. The number of halogens is 1. The molecule has 1 amide bonds. The van der Waals surface area contributed by atoms with Crippen molar-refractivity contribution in [2.75, 3.05) is 32.6 Å². The molecule has 0 fully saturated rings. The van der Waals surface area contributed by atoms with Crippen LogP contribution in [-0.4, -0.2) is 38.5 Å². The molecule has 0 saturated carbocycles. The molecule has 17 heavy (non-hydrogen) atoms. The molecule has 0 saturated heterocycles. The van der Waals surface area contributed by atoms with Crippen molar-refractivity contribution in [3.63, 3.8) is 0 Å². The standard InChI is InChI=1S/C12H14ClN3O/c1-15(2)12(17)8-16(3)11-5-4-9(7-14)6-10(11)13/h4-6H,8H2,1-3H3. The minimum Gasteiger partial charge on any atom is -0.364 e. The highest BCUT2D eigenvalue weighted by molar-refractivity contribution is 6.33. The first-order valence-corrected chi connectivity index (χ1v) is 5.44. The highest BCUT2D eigenvalue weighted by atomic mass is 35.5. The van der Waals surface area contributed by atoms with Gasteiger partial charge < -0.3 is 9.80 Å². The second kappa shape index (κ2) is 5.55. The van der Waals surface area contributed by atoms with Crippen LogP contribution in [0.1, 0.15) is 5.56 Å². The van der Waals surface area contributed by atoms with Crippen LogP contribution in [0.2, 0.25) is 5.02 Å². The normalized spacial score (nSPS) is 9.59. The molecule has 1 aromatic rings. The van der Waals surface area contributed by atoms with E-state index in [1.54, 1.807) is 44.2 Å². The van der Waals surface area contributed by atoms with Crippen molar-refractivity contribution in [1.29, 1.82) is 5.26 Å². The minimum atomic E-state index is -0.00655. The van der Waals surface area contributed by atoms with Crippen molar-refractivity contribution < 1.29 is 4.79 Å². The Labute approximate surface area is 106 Å². The molecule has 0 unspecified atom stereocenters. The number of hydrogen-bond acceptors (Lipinski definition) is 3. The van der Waals surface area contributed by atoms with Crippen molar-refractivity contribution in [1.82, 2.24) is 4.90 Å². The van der Waals surface area contributed by atoms with Gasteiger partial charge in [0.25, 0.3) is 0 Å². The van der Waals surface area contributed by atoms with Crippen LogP contribution in [0.25, 0.3) is 0 Å². The second-order valence-corrected chi connectivity index (χ2v) is 4.33. The number of likely N-dealkylation sites (N-methyl/N-ethyl adjacent to an activating group) is 2. The van der Waals surface area contributed by atoms with Crippen LogP contribution in [0.4, 0.5) is 5.69 Å². The largest absolute Gasteiger partial charge is 0.364 e. The average Bonchev–Trinajstić information content (AvgIpc) is 2.28. The summed E-state index contributed by atoms with van der Waals surface area (Å²) in [5.41, 5.74) is 1.24. The highest BCUT2D eigenvalue weighted by Crippen LogP contribution is 2.25. The van der Waals surface area contributed by atoms with Crippen LogP contribution in [0.5, 0.6) is 0 Å². The number of amides is 1. The molecule has 5 heteroatoms. The molecule has 0 aliphatic carbocycles. The molecule has 0 aromatic heterocycles. The summed E-state index contributed by atoms with van der Waals surface area (Å²) in [5.74, 6) is -0.00655. The summed E-state index contributed by atoms with van der Waals surface area (Å²) in [6.45, 7) is 0.249. The highest BCUT2D eigenvalue weighted by Gasteiger charge is 2.12. The number of nitriles is 1. The van der Waals surface area contributed by atoms with Gasteiger partial charge in [0.1, 0.15) is 0 Å². The Kier molecular flexibility index (Phi) is 4.36. The van der Waals surface area contributed by atoms with Crippen molar-refractivity contribution in [3.8, 4) is 6.07 Å². The summed E-state index contributed by atoms with van der Waals surface area (Å²) in [6, 6.07) is 7.02. The molecule has 0 atom stereocenters. The first kappa shape index (κ1) is 13.3. The van der Waals surface area contributed by atoms with Gasteiger partial charge >= 0.3 is 0 Å². The van der Waals surface area contributed by atoms with Gasteiger partial charge in [-0.3, -0.25) is 4.79 Å². The summed E-state index contributed by atoms with van der Waals surface area (Å²) < 4.78 is 0. The maximum Gasteiger partial charge on any atom is 0.241 e. The molecule has 0 aliphatic heterocycles. The molecule has 90 valence electrons. The SMILES string of the molecule is CN(C)C(=O)CN(C)c1ccc(C#N)cc1Cl. The first-order valence-electron chi connectivity index (χ1n) is 5.06. The van der Waals surface area contributed by atoms with Crippen molar-refractivity contribution in [3.05, 3.63) is 28.8 Å². The Bertz CT molecular complexity index is 465. The molecule has 0 N–H and O–H groups in total. The van der Waals surface area contributed by atoms with E-state index in [1.807, 2.05) is 6.07 Å². The van der Waals surface area contributed by atoms with E-state index in [-0.39, 0.29) is 12.5 Å². The Hall–Kier alpha value is -1.73. The van der Waals surface area contributed by atoms with E-state index in [9.17, 15) is 4.79 Å². The number of nitrogens with zero attached hydrogens (tertiary/aromatic N) is 3. The fraction of sp³-hybridized carbons (Fsp3) is 0.333. The topological polar surface area (TPSA) is 47.3 Å². The maximum absolute atomic E-state index is 11.5. The Morgan fingerprint density at radius 1 is 1.41 bits per heavy atom. The monoisotopic (exact) mass is 251 g/mol. The number of rotatable bonds is 3. The molecule has 1 aromatic carbocycles. The molecule has 4 nitrogen and oxygen atoms in total. The van der Waals surface area contributed by atoms with Crippen molar-refractivity contribution in [2.45, 2.75) is 0 Å². The lowest BCUT2D eigenvalue weighted by Crippen LogP contribution is -2.34. The van der Waals surface area contributed by atoms with Crippen LogP contribution < -0.4 is 4.90 Å². The molecule has 0 radical (unpaired) electrons. The fourth-order valence-corrected chi connectivity index (χ4v) is 1.64. The Morgan fingerprint density at radius 3 is 2.53 bits per heavy atom. The number of hydrogen-bond donors (Lipinski definition) is 0. The Morgan fingerprint density at radius 2 is 2.06 bits per heavy atom. The lowest BCUT2D eigenvalue weighted by molar-refractivity contribution is -0.127. The van der Waals surface area contributed by atoms with Gasteiger partial charge in [-0.1, -0.05) is 11.6 Å². The van der Waals surface area contributed by atoms with Crippen molar-refractivity contribution >= 4 is 23.2 Å².